The van der Waals surface area contributed by atoms with E-state index in [4.69, 9.17) is 37.1 Å². The maximum Gasteiger partial charge on any atom is 0.308 e. The summed E-state index contributed by atoms with van der Waals surface area (Å²) in [6.45, 7) is 2.30. The lowest BCUT2D eigenvalue weighted by molar-refractivity contribution is -0.132. The smallest absolute Gasteiger partial charge is 0.308 e. The summed E-state index contributed by atoms with van der Waals surface area (Å²) in [5.41, 5.74) is 0.433. The minimum atomic E-state index is -0.719. The highest BCUT2D eigenvalue weighted by molar-refractivity contribution is 9.08. The van der Waals surface area contributed by atoms with Crippen molar-refractivity contribution in [3.8, 4) is 11.5 Å². The number of esters is 2. The second-order valence-electron chi connectivity index (χ2n) is 5.54. The van der Waals surface area contributed by atoms with Gasteiger partial charge in [0.1, 0.15) is 21.0 Å². The second kappa shape index (κ2) is 7.50. The highest BCUT2D eigenvalue weighted by Crippen LogP contribution is 2.47. The predicted molar refractivity (Wildman–Crippen MR) is 105 cm³/mol. The molecule has 0 N–H and O–H groups in total. The second-order valence-corrected chi connectivity index (χ2v) is 6.85. The van der Waals surface area contributed by atoms with E-state index in [2.05, 4.69) is 15.9 Å². The van der Waals surface area contributed by atoms with Gasteiger partial charge >= 0.3 is 11.9 Å². The van der Waals surface area contributed by atoms with Crippen LogP contribution in [0.25, 0.3) is 21.9 Å². The summed E-state index contributed by atoms with van der Waals surface area (Å²) < 4.78 is 16.1. The Morgan fingerprint density at radius 2 is 1.67 bits per heavy atom. The van der Waals surface area contributed by atoms with Crippen LogP contribution in [0.5, 0.6) is 11.5 Å². The molecule has 0 unspecified atom stereocenters. The molecule has 0 bridgehead atoms. The summed E-state index contributed by atoms with van der Waals surface area (Å²) in [6, 6.07) is 5.05. The van der Waals surface area contributed by atoms with Gasteiger partial charge in [0.15, 0.2) is 17.1 Å². The minimum absolute atomic E-state index is 0.0977. The molecule has 140 valence electrons. The number of hydrogen-bond donors (Lipinski definition) is 0. The summed E-state index contributed by atoms with van der Waals surface area (Å²) in [4.78, 5) is 36.1. The molecular weight excluding hydrogens is 463 g/mol. The first-order valence-corrected chi connectivity index (χ1v) is 9.46. The largest absolute Gasteiger partial charge is 0.454 e. The summed E-state index contributed by atoms with van der Waals surface area (Å²) in [6.07, 6.45) is 0. The molecule has 0 aliphatic heterocycles. The van der Waals surface area contributed by atoms with E-state index in [1.165, 1.54) is 0 Å². The predicted octanol–water partition coefficient (Wildman–Crippen LogP) is 5.00. The fourth-order valence-electron chi connectivity index (χ4n) is 2.63. The van der Waals surface area contributed by atoms with Crippen molar-refractivity contribution in [2.75, 3.05) is 0 Å². The Labute approximate surface area is 171 Å². The van der Waals surface area contributed by atoms with Gasteiger partial charge in [-0.15, -0.1) is 0 Å². The van der Waals surface area contributed by atoms with E-state index >= 15 is 0 Å². The van der Waals surface area contributed by atoms with Gasteiger partial charge in [0, 0.05) is 24.7 Å². The molecule has 0 aliphatic carbocycles. The Hall–Kier alpha value is -2.09. The van der Waals surface area contributed by atoms with Crippen molar-refractivity contribution in [2.24, 2.45) is 0 Å². The van der Waals surface area contributed by atoms with Gasteiger partial charge in [0.2, 0.25) is 5.43 Å². The van der Waals surface area contributed by atoms with Gasteiger partial charge in [-0.1, -0.05) is 51.3 Å². The van der Waals surface area contributed by atoms with Crippen molar-refractivity contribution >= 4 is 73.0 Å². The average molecular weight is 474 g/mol. The highest BCUT2D eigenvalue weighted by Gasteiger charge is 2.27. The molecule has 0 saturated carbocycles. The molecule has 0 fully saturated rings. The van der Waals surface area contributed by atoms with Gasteiger partial charge in [-0.2, -0.15) is 0 Å². The quantitative estimate of drug-likeness (QED) is 0.230. The number of ether oxygens (including phenoxy) is 2. The van der Waals surface area contributed by atoms with Crippen LogP contribution >= 0.6 is 39.1 Å². The van der Waals surface area contributed by atoms with Crippen LogP contribution in [0.2, 0.25) is 10.0 Å². The fourth-order valence-corrected chi connectivity index (χ4v) is 3.65. The van der Waals surface area contributed by atoms with Crippen LogP contribution in [0.3, 0.4) is 0 Å². The average Bonchev–Trinajstić information content (AvgIpc) is 2.61. The lowest BCUT2D eigenvalue weighted by Crippen LogP contribution is -2.11. The molecule has 0 atom stereocenters. The molecule has 6 nitrogen and oxygen atoms in total. The molecule has 0 aliphatic rings. The van der Waals surface area contributed by atoms with Gasteiger partial charge in [0.05, 0.1) is 5.39 Å². The zero-order chi connectivity index (χ0) is 19.9. The molecule has 0 radical (unpaired) electrons. The molecule has 0 saturated heterocycles. The summed E-state index contributed by atoms with van der Waals surface area (Å²) in [5.74, 6) is -1.95. The van der Waals surface area contributed by atoms with Crippen LogP contribution in [0.4, 0.5) is 0 Å². The van der Waals surface area contributed by atoms with Crippen molar-refractivity contribution in [3.05, 3.63) is 44.0 Å². The third-order valence-corrected chi connectivity index (χ3v) is 4.95. The van der Waals surface area contributed by atoms with Crippen molar-refractivity contribution < 1.29 is 23.5 Å². The molecule has 3 rings (SSSR count). The maximum atomic E-state index is 13.1. The van der Waals surface area contributed by atoms with Gasteiger partial charge < -0.3 is 13.9 Å². The van der Waals surface area contributed by atoms with Crippen LogP contribution in [-0.2, 0) is 14.9 Å². The third-order valence-electron chi connectivity index (χ3n) is 3.66. The Balaban J connectivity index is 2.57. The maximum absolute atomic E-state index is 13.1. The molecule has 0 amide bonds. The van der Waals surface area contributed by atoms with Gasteiger partial charge in [-0.25, -0.2) is 0 Å². The van der Waals surface area contributed by atoms with Crippen LogP contribution < -0.4 is 14.9 Å². The zero-order valence-electron chi connectivity index (χ0n) is 14.0. The normalized spacial score (nSPS) is 11.0. The van der Waals surface area contributed by atoms with E-state index in [1.807, 2.05) is 0 Å². The molecule has 0 spiro atoms. The Morgan fingerprint density at radius 1 is 1.04 bits per heavy atom. The lowest BCUT2D eigenvalue weighted by atomic mass is 10.1. The lowest BCUT2D eigenvalue weighted by Gasteiger charge is -2.14. The first-order chi connectivity index (χ1) is 12.8. The van der Waals surface area contributed by atoms with Gasteiger partial charge in [-0.05, 0) is 6.07 Å². The number of rotatable bonds is 3. The first-order valence-electron chi connectivity index (χ1n) is 7.58. The zero-order valence-corrected chi connectivity index (χ0v) is 17.1. The van der Waals surface area contributed by atoms with E-state index in [1.54, 1.807) is 18.2 Å². The van der Waals surface area contributed by atoms with Crippen LogP contribution in [0.1, 0.15) is 19.4 Å². The first kappa shape index (κ1) is 19.7. The number of carbonyl (C=O) groups is 2. The number of fused-ring (bicyclic) bond motifs is 2. The topological polar surface area (TPSA) is 82.8 Å². The highest BCUT2D eigenvalue weighted by atomic mass is 79.9. The monoisotopic (exact) mass is 472 g/mol. The number of alkyl halides is 1. The van der Waals surface area contributed by atoms with Crippen molar-refractivity contribution in [2.45, 2.75) is 19.2 Å². The molecular formula is C18H11BrCl2O6. The van der Waals surface area contributed by atoms with Crippen molar-refractivity contribution in [1.29, 1.82) is 0 Å². The van der Waals surface area contributed by atoms with E-state index in [-0.39, 0.29) is 37.9 Å². The Kier molecular flexibility index (Phi) is 5.46. The summed E-state index contributed by atoms with van der Waals surface area (Å²) in [5, 5.41) is 0.124. The number of halogens is 3. The van der Waals surface area contributed by atoms with Crippen LogP contribution in [-0.4, -0.2) is 11.9 Å². The number of para-hydroxylation sites is 1. The summed E-state index contributed by atoms with van der Waals surface area (Å²) >= 11 is 15.9. The SMILES string of the molecule is CC(=O)Oc1c(Cl)c(OC(C)=O)c2c(=O)c3cccc(CBr)c3oc2c1Cl. The molecule has 3 aromatic rings. The number of benzene rings is 2. The summed E-state index contributed by atoms with van der Waals surface area (Å²) in [7, 11) is 0. The molecule has 27 heavy (non-hydrogen) atoms. The number of carbonyl (C=O) groups excluding carboxylic acids is 2. The third kappa shape index (κ3) is 3.42. The fraction of sp³-hybridized carbons (Fsp3) is 0.167. The molecule has 1 heterocycles. The number of hydrogen-bond acceptors (Lipinski definition) is 6. The van der Waals surface area contributed by atoms with E-state index in [0.29, 0.717) is 16.5 Å². The van der Waals surface area contributed by atoms with E-state index in [0.717, 1.165) is 13.8 Å². The van der Waals surface area contributed by atoms with Gasteiger partial charge in [0.25, 0.3) is 0 Å². The molecule has 2 aromatic carbocycles. The van der Waals surface area contributed by atoms with E-state index in [9.17, 15) is 14.4 Å². The standard InChI is InChI=1S/C18H11BrCl2O6/c1-7(22)25-16-11-14(24)10-5-3-4-9(6-19)15(10)27-17(11)13(21)18(12(16)20)26-8(2)23/h3-5H,6H2,1-2H3. The van der Waals surface area contributed by atoms with Crippen molar-refractivity contribution in [3.63, 3.8) is 0 Å². The minimum Gasteiger partial charge on any atom is -0.454 e. The van der Waals surface area contributed by atoms with Crippen LogP contribution in [0, 0.1) is 0 Å². The Morgan fingerprint density at radius 3 is 2.26 bits per heavy atom. The molecule has 9 heteroatoms. The van der Waals surface area contributed by atoms with E-state index < -0.39 is 17.4 Å². The molecule has 1 aromatic heterocycles. The van der Waals surface area contributed by atoms with Gasteiger partial charge in [-0.3, -0.25) is 14.4 Å². The van der Waals surface area contributed by atoms with Crippen LogP contribution in [0.15, 0.2) is 27.4 Å². The Bertz CT molecular complexity index is 1170. The van der Waals surface area contributed by atoms with Crippen molar-refractivity contribution in [1.82, 2.24) is 0 Å².